The van der Waals surface area contributed by atoms with Crippen LogP contribution < -0.4 is 5.32 Å². The lowest BCUT2D eigenvalue weighted by atomic mass is 10.1. The molecule has 2 aromatic heterocycles. The summed E-state index contributed by atoms with van der Waals surface area (Å²) < 4.78 is 2.62. The Morgan fingerprint density at radius 3 is 2.85 bits per heavy atom. The Labute approximate surface area is 126 Å². The Hall–Kier alpha value is -1.88. The number of rotatable bonds is 3. The van der Waals surface area contributed by atoms with Crippen LogP contribution in [0.25, 0.3) is 5.65 Å². The average molecular weight is 331 g/mol. The fourth-order valence-electron chi connectivity index (χ4n) is 2.17. The van der Waals surface area contributed by atoms with E-state index in [4.69, 9.17) is 0 Å². The molecule has 0 saturated heterocycles. The van der Waals surface area contributed by atoms with Crippen molar-refractivity contribution in [3.63, 3.8) is 0 Å². The van der Waals surface area contributed by atoms with E-state index in [-0.39, 0.29) is 0 Å². The fraction of sp³-hybridized carbons (Fsp3) is 0.200. The van der Waals surface area contributed by atoms with Gasteiger partial charge < -0.3 is 5.32 Å². The van der Waals surface area contributed by atoms with Crippen molar-refractivity contribution in [3.05, 3.63) is 57.8 Å². The zero-order chi connectivity index (χ0) is 14.1. The van der Waals surface area contributed by atoms with E-state index in [0.29, 0.717) is 0 Å². The highest BCUT2D eigenvalue weighted by atomic mass is 79.9. The maximum absolute atomic E-state index is 4.49. The van der Waals surface area contributed by atoms with E-state index >= 15 is 0 Å². The summed E-state index contributed by atoms with van der Waals surface area (Å²) in [7, 11) is 0. The van der Waals surface area contributed by atoms with Crippen LogP contribution in [0.1, 0.15) is 16.7 Å². The third kappa shape index (κ3) is 2.54. The number of nitrogens with zero attached hydrogens (tertiary/aromatic N) is 3. The van der Waals surface area contributed by atoms with Crippen molar-refractivity contribution in [3.8, 4) is 0 Å². The lowest BCUT2D eigenvalue weighted by molar-refractivity contribution is 0.906. The molecule has 102 valence electrons. The van der Waals surface area contributed by atoms with Crippen LogP contribution in [-0.4, -0.2) is 14.6 Å². The Kier molecular flexibility index (Phi) is 3.44. The number of hydrogen-bond donors (Lipinski definition) is 1. The highest BCUT2D eigenvalue weighted by molar-refractivity contribution is 9.10. The van der Waals surface area contributed by atoms with Crippen molar-refractivity contribution < 1.29 is 0 Å². The first-order valence-corrected chi connectivity index (χ1v) is 7.23. The molecule has 0 aliphatic heterocycles. The Balaban J connectivity index is 1.81. The SMILES string of the molecule is Cc1ccc(CNc2ccc3ncc(Br)n3n2)c(C)c1. The van der Waals surface area contributed by atoms with E-state index in [2.05, 4.69) is 63.4 Å². The topological polar surface area (TPSA) is 42.2 Å². The second kappa shape index (κ2) is 5.25. The summed E-state index contributed by atoms with van der Waals surface area (Å²) in [5.41, 5.74) is 4.69. The number of anilines is 1. The maximum Gasteiger partial charge on any atom is 0.154 e. The molecule has 0 aliphatic rings. The summed E-state index contributed by atoms with van der Waals surface area (Å²) >= 11 is 3.43. The van der Waals surface area contributed by atoms with Crippen LogP contribution in [0.4, 0.5) is 5.82 Å². The van der Waals surface area contributed by atoms with Crippen LogP contribution in [0.2, 0.25) is 0 Å². The number of benzene rings is 1. The molecular formula is C15H15BrN4. The molecule has 20 heavy (non-hydrogen) atoms. The Morgan fingerprint density at radius 1 is 1.20 bits per heavy atom. The summed E-state index contributed by atoms with van der Waals surface area (Å²) in [4.78, 5) is 4.23. The van der Waals surface area contributed by atoms with Crippen molar-refractivity contribution in [1.82, 2.24) is 14.6 Å². The van der Waals surface area contributed by atoms with Crippen LogP contribution >= 0.6 is 15.9 Å². The number of aryl methyl sites for hydroxylation is 2. The molecule has 5 heteroatoms. The second-order valence-corrected chi connectivity index (χ2v) is 5.67. The zero-order valence-electron chi connectivity index (χ0n) is 11.4. The lowest BCUT2D eigenvalue weighted by Crippen LogP contribution is -2.05. The minimum atomic E-state index is 0.761. The van der Waals surface area contributed by atoms with E-state index in [9.17, 15) is 0 Å². The van der Waals surface area contributed by atoms with E-state index in [1.807, 2.05) is 12.1 Å². The van der Waals surface area contributed by atoms with Gasteiger partial charge in [-0.25, -0.2) is 9.50 Å². The van der Waals surface area contributed by atoms with Gasteiger partial charge >= 0.3 is 0 Å². The largest absolute Gasteiger partial charge is 0.365 e. The van der Waals surface area contributed by atoms with Crippen LogP contribution in [0.3, 0.4) is 0 Å². The number of imidazole rings is 1. The maximum atomic E-state index is 4.49. The highest BCUT2D eigenvalue weighted by Crippen LogP contribution is 2.15. The monoisotopic (exact) mass is 330 g/mol. The van der Waals surface area contributed by atoms with Crippen LogP contribution in [0, 0.1) is 13.8 Å². The molecule has 0 amide bonds. The van der Waals surface area contributed by atoms with Crippen molar-refractivity contribution in [2.24, 2.45) is 0 Å². The van der Waals surface area contributed by atoms with Crippen molar-refractivity contribution in [2.45, 2.75) is 20.4 Å². The van der Waals surface area contributed by atoms with Gasteiger partial charge in [-0.3, -0.25) is 0 Å². The van der Waals surface area contributed by atoms with E-state index in [0.717, 1.165) is 22.6 Å². The molecule has 0 bridgehead atoms. The predicted octanol–water partition coefficient (Wildman–Crippen LogP) is 3.72. The van der Waals surface area contributed by atoms with Crippen LogP contribution in [-0.2, 0) is 6.54 Å². The van der Waals surface area contributed by atoms with E-state index in [1.54, 1.807) is 10.7 Å². The fourth-order valence-corrected chi connectivity index (χ4v) is 2.53. The second-order valence-electron chi connectivity index (χ2n) is 4.85. The first kappa shape index (κ1) is 13.1. The van der Waals surface area contributed by atoms with Crippen molar-refractivity contribution >= 4 is 27.4 Å². The molecule has 1 N–H and O–H groups in total. The number of halogens is 1. The molecule has 4 nitrogen and oxygen atoms in total. The number of nitrogens with one attached hydrogen (secondary N) is 1. The van der Waals surface area contributed by atoms with Gasteiger partial charge in [0, 0.05) is 6.54 Å². The molecule has 3 aromatic rings. The molecule has 0 aliphatic carbocycles. The molecule has 0 radical (unpaired) electrons. The summed E-state index contributed by atoms with van der Waals surface area (Å²) in [6, 6.07) is 10.4. The zero-order valence-corrected chi connectivity index (χ0v) is 13.0. The van der Waals surface area contributed by atoms with E-state index in [1.165, 1.54) is 16.7 Å². The van der Waals surface area contributed by atoms with Gasteiger partial charge in [0.25, 0.3) is 0 Å². The molecule has 3 rings (SSSR count). The summed E-state index contributed by atoms with van der Waals surface area (Å²) in [5, 5.41) is 7.84. The third-order valence-electron chi connectivity index (χ3n) is 3.28. The minimum absolute atomic E-state index is 0.761. The first-order valence-electron chi connectivity index (χ1n) is 6.44. The molecule has 1 aromatic carbocycles. The van der Waals surface area contributed by atoms with Gasteiger partial charge in [-0.15, -0.1) is 5.10 Å². The summed E-state index contributed by atoms with van der Waals surface area (Å²) in [6.07, 6.45) is 1.75. The quantitative estimate of drug-likeness (QED) is 0.795. The van der Waals surface area contributed by atoms with Crippen molar-refractivity contribution in [2.75, 3.05) is 5.32 Å². The lowest BCUT2D eigenvalue weighted by Gasteiger charge is -2.09. The smallest absolute Gasteiger partial charge is 0.154 e. The Morgan fingerprint density at radius 2 is 2.05 bits per heavy atom. The minimum Gasteiger partial charge on any atom is -0.365 e. The van der Waals surface area contributed by atoms with Gasteiger partial charge in [-0.1, -0.05) is 23.8 Å². The van der Waals surface area contributed by atoms with Gasteiger partial charge in [-0.2, -0.15) is 0 Å². The average Bonchev–Trinajstić information content (AvgIpc) is 2.79. The predicted molar refractivity (Wildman–Crippen MR) is 83.9 cm³/mol. The van der Waals surface area contributed by atoms with Crippen molar-refractivity contribution in [1.29, 1.82) is 0 Å². The van der Waals surface area contributed by atoms with Gasteiger partial charge in [0.15, 0.2) is 5.65 Å². The standard InChI is InChI=1S/C15H15BrN4/c1-10-3-4-12(11(2)7-10)8-17-14-5-6-15-18-9-13(16)20(15)19-14/h3-7,9H,8H2,1-2H3,(H,17,19). The van der Waals surface area contributed by atoms with Gasteiger partial charge in [0.05, 0.1) is 6.20 Å². The highest BCUT2D eigenvalue weighted by Gasteiger charge is 2.04. The number of fused-ring (bicyclic) bond motifs is 1. The van der Waals surface area contributed by atoms with Crippen LogP contribution in [0.5, 0.6) is 0 Å². The molecule has 0 fully saturated rings. The molecule has 0 unspecified atom stereocenters. The molecular weight excluding hydrogens is 316 g/mol. The third-order valence-corrected chi connectivity index (χ3v) is 3.82. The molecule has 0 spiro atoms. The summed E-state index contributed by atoms with van der Waals surface area (Å²) in [6.45, 7) is 5.00. The van der Waals surface area contributed by atoms with E-state index < -0.39 is 0 Å². The number of aromatic nitrogens is 3. The van der Waals surface area contributed by atoms with Gasteiger partial charge in [0.2, 0.25) is 0 Å². The van der Waals surface area contributed by atoms with Gasteiger partial charge in [0.1, 0.15) is 10.4 Å². The van der Waals surface area contributed by atoms with Gasteiger partial charge in [-0.05, 0) is 53.0 Å². The number of hydrogen-bond acceptors (Lipinski definition) is 3. The molecule has 2 heterocycles. The molecule has 0 saturated carbocycles. The normalized spacial score (nSPS) is 10.9. The molecule has 0 atom stereocenters. The summed E-state index contributed by atoms with van der Waals surface area (Å²) in [5.74, 6) is 0.830. The first-order chi connectivity index (χ1) is 9.63. The Bertz CT molecular complexity index is 764. The van der Waals surface area contributed by atoms with Crippen LogP contribution in [0.15, 0.2) is 41.1 Å².